The molecule has 3 rings (SSSR count). The number of rotatable bonds is 7. The van der Waals surface area contributed by atoms with Crippen LogP contribution in [0.3, 0.4) is 0 Å². The van der Waals surface area contributed by atoms with Crippen LogP contribution in [0.4, 0.5) is 0 Å². The zero-order chi connectivity index (χ0) is 17.7. The van der Waals surface area contributed by atoms with Gasteiger partial charge >= 0.3 is 0 Å². The van der Waals surface area contributed by atoms with Crippen molar-refractivity contribution in [3.63, 3.8) is 0 Å². The Morgan fingerprint density at radius 3 is 2.48 bits per heavy atom. The van der Waals surface area contributed by atoms with Crippen LogP contribution in [-0.2, 0) is 16.6 Å². The van der Waals surface area contributed by atoms with Crippen LogP contribution >= 0.6 is 0 Å². The molecular weight excluding hydrogens is 340 g/mol. The molecule has 0 saturated carbocycles. The van der Waals surface area contributed by atoms with E-state index in [9.17, 15) is 8.42 Å². The molecule has 0 aliphatic heterocycles. The van der Waals surface area contributed by atoms with Crippen LogP contribution in [0.2, 0.25) is 0 Å². The minimum atomic E-state index is -3.56. The molecule has 0 fully saturated rings. The Bertz CT molecular complexity index is 922. The molecule has 2 aromatic heterocycles. The summed E-state index contributed by atoms with van der Waals surface area (Å²) in [7, 11) is -2.02. The number of pyridine rings is 1. The molecule has 7 nitrogen and oxygen atoms in total. The van der Waals surface area contributed by atoms with Gasteiger partial charge in [0.05, 0.1) is 24.2 Å². The number of hydrogen-bond donors (Lipinski definition) is 1. The fraction of sp³-hybridized carbons (Fsp3) is 0.176. The van der Waals surface area contributed by atoms with Gasteiger partial charge in [-0.15, -0.1) is 0 Å². The molecule has 0 unspecified atom stereocenters. The van der Waals surface area contributed by atoms with Gasteiger partial charge in [-0.3, -0.25) is 9.67 Å². The topological polar surface area (TPSA) is 86.1 Å². The lowest BCUT2D eigenvalue weighted by Crippen LogP contribution is -2.27. The molecule has 3 aromatic rings. The standard InChI is InChI=1S/C17H18N4O3S/c1-24-15-2-4-16(5-3-15)25(22,23)19-11-13-21-12-8-17(20-21)14-6-9-18-10-7-14/h2-10,12,19H,11,13H2,1H3. The fourth-order valence-electron chi connectivity index (χ4n) is 2.30. The first-order valence-electron chi connectivity index (χ1n) is 7.66. The van der Waals surface area contributed by atoms with Gasteiger partial charge in [0.15, 0.2) is 0 Å². The van der Waals surface area contributed by atoms with Crippen molar-refractivity contribution in [2.75, 3.05) is 13.7 Å². The number of nitrogens with one attached hydrogen (secondary N) is 1. The monoisotopic (exact) mass is 358 g/mol. The van der Waals surface area contributed by atoms with Crippen molar-refractivity contribution in [3.05, 3.63) is 61.1 Å². The summed E-state index contributed by atoms with van der Waals surface area (Å²) in [5.74, 6) is 0.610. The minimum Gasteiger partial charge on any atom is -0.497 e. The summed E-state index contributed by atoms with van der Waals surface area (Å²) in [6.45, 7) is 0.673. The summed E-state index contributed by atoms with van der Waals surface area (Å²) in [6, 6.07) is 11.9. The van der Waals surface area contributed by atoms with Crippen LogP contribution in [0.5, 0.6) is 5.75 Å². The summed E-state index contributed by atoms with van der Waals surface area (Å²) >= 11 is 0. The number of methoxy groups -OCH3 is 1. The molecule has 0 bridgehead atoms. The number of aromatic nitrogens is 3. The lowest BCUT2D eigenvalue weighted by molar-refractivity contribution is 0.414. The molecule has 8 heteroatoms. The fourth-order valence-corrected chi connectivity index (χ4v) is 3.32. The zero-order valence-corrected chi connectivity index (χ0v) is 14.5. The quantitative estimate of drug-likeness (QED) is 0.697. The molecule has 0 spiro atoms. The Kier molecular flexibility index (Phi) is 5.11. The van der Waals surface area contributed by atoms with E-state index in [1.165, 1.54) is 19.2 Å². The highest BCUT2D eigenvalue weighted by Gasteiger charge is 2.13. The first-order chi connectivity index (χ1) is 12.1. The van der Waals surface area contributed by atoms with E-state index < -0.39 is 10.0 Å². The maximum absolute atomic E-state index is 12.3. The molecule has 0 aliphatic carbocycles. The zero-order valence-electron chi connectivity index (χ0n) is 13.7. The summed E-state index contributed by atoms with van der Waals surface area (Å²) < 4.78 is 33.8. The van der Waals surface area contributed by atoms with E-state index >= 15 is 0 Å². The summed E-state index contributed by atoms with van der Waals surface area (Å²) in [5, 5.41) is 4.43. The SMILES string of the molecule is COc1ccc(S(=O)(=O)NCCn2ccc(-c3ccncc3)n2)cc1. The highest BCUT2D eigenvalue weighted by Crippen LogP contribution is 2.16. The molecule has 0 amide bonds. The minimum absolute atomic E-state index is 0.200. The maximum atomic E-state index is 12.3. The van der Waals surface area contributed by atoms with E-state index in [1.807, 2.05) is 24.4 Å². The van der Waals surface area contributed by atoms with Crippen LogP contribution in [0.1, 0.15) is 0 Å². The van der Waals surface area contributed by atoms with Crippen molar-refractivity contribution in [2.45, 2.75) is 11.4 Å². The number of sulfonamides is 1. The Balaban J connectivity index is 1.59. The molecule has 0 atom stereocenters. The number of hydrogen-bond acceptors (Lipinski definition) is 5. The van der Waals surface area contributed by atoms with E-state index in [2.05, 4.69) is 14.8 Å². The highest BCUT2D eigenvalue weighted by atomic mass is 32.2. The summed E-state index contributed by atoms with van der Waals surface area (Å²) in [6.07, 6.45) is 5.23. The third kappa shape index (κ3) is 4.23. The van der Waals surface area contributed by atoms with Crippen LogP contribution in [0.15, 0.2) is 66.0 Å². The van der Waals surface area contributed by atoms with Crippen LogP contribution in [-0.4, -0.2) is 36.8 Å². The molecule has 0 radical (unpaired) electrons. The van der Waals surface area contributed by atoms with Crippen molar-refractivity contribution in [2.24, 2.45) is 0 Å². The summed E-state index contributed by atoms with van der Waals surface area (Å²) in [4.78, 5) is 4.18. The smallest absolute Gasteiger partial charge is 0.240 e. The highest BCUT2D eigenvalue weighted by molar-refractivity contribution is 7.89. The average molecular weight is 358 g/mol. The Labute approximate surface area is 146 Å². The van der Waals surface area contributed by atoms with Gasteiger partial charge in [-0.2, -0.15) is 5.10 Å². The first-order valence-corrected chi connectivity index (χ1v) is 9.14. The number of benzene rings is 1. The van der Waals surface area contributed by atoms with E-state index in [4.69, 9.17) is 4.74 Å². The average Bonchev–Trinajstić information content (AvgIpc) is 3.11. The second-order valence-electron chi connectivity index (χ2n) is 5.27. The van der Waals surface area contributed by atoms with Crippen LogP contribution in [0.25, 0.3) is 11.3 Å². The first kappa shape index (κ1) is 17.1. The van der Waals surface area contributed by atoms with Crippen molar-refractivity contribution < 1.29 is 13.2 Å². The third-order valence-corrected chi connectivity index (χ3v) is 5.10. The predicted octanol–water partition coefficient (Wildman–Crippen LogP) is 1.93. The molecule has 0 aliphatic rings. The lowest BCUT2D eigenvalue weighted by atomic mass is 10.2. The molecule has 25 heavy (non-hydrogen) atoms. The van der Waals surface area contributed by atoms with Crippen molar-refractivity contribution >= 4 is 10.0 Å². The number of nitrogens with zero attached hydrogens (tertiary/aromatic N) is 3. The van der Waals surface area contributed by atoms with Gasteiger partial charge in [-0.05, 0) is 42.5 Å². The third-order valence-electron chi connectivity index (χ3n) is 3.62. The number of ether oxygens (including phenoxy) is 1. The Morgan fingerprint density at radius 1 is 1.08 bits per heavy atom. The van der Waals surface area contributed by atoms with E-state index in [-0.39, 0.29) is 11.4 Å². The Hall–Kier alpha value is -2.71. The van der Waals surface area contributed by atoms with Crippen LogP contribution < -0.4 is 9.46 Å². The van der Waals surface area contributed by atoms with Gasteiger partial charge in [0.1, 0.15) is 5.75 Å². The van der Waals surface area contributed by atoms with E-state index in [1.54, 1.807) is 29.2 Å². The maximum Gasteiger partial charge on any atom is 0.240 e. The van der Waals surface area contributed by atoms with Crippen LogP contribution in [0, 0.1) is 0 Å². The van der Waals surface area contributed by atoms with Crippen molar-refractivity contribution in [3.8, 4) is 17.0 Å². The predicted molar refractivity (Wildman–Crippen MR) is 93.6 cm³/mol. The van der Waals surface area contributed by atoms with Gasteiger partial charge in [-0.25, -0.2) is 13.1 Å². The second kappa shape index (κ2) is 7.45. The molecule has 130 valence electrons. The molecule has 0 saturated heterocycles. The van der Waals surface area contributed by atoms with Gasteiger partial charge < -0.3 is 4.74 Å². The van der Waals surface area contributed by atoms with E-state index in [0.717, 1.165) is 11.3 Å². The molecule has 1 N–H and O–H groups in total. The van der Waals surface area contributed by atoms with Gasteiger partial charge in [0.25, 0.3) is 0 Å². The molecular formula is C17H18N4O3S. The normalized spacial score (nSPS) is 11.4. The lowest BCUT2D eigenvalue weighted by Gasteiger charge is -2.07. The molecule has 1 aromatic carbocycles. The second-order valence-corrected chi connectivity index (χ2v) is 7.04. The van der Waals surface area contributed by atoms with Crippen molar-refractivity contribution in [1.82, 2.24) is 19.5 Å². The van der Waals surface area contributed by atoms with Gasteiger partial charge in [-0.1, -0.05) is 0 Å². The molecule has 2 heterocycles. The van der Waals surface area contributed by atoms with Gasteiger partial charge in [0, 0.05) is 30.7 Å². The largest absolute Gasteiger partial charge is 0.497 e. The van der Waals surface area contributed by atoms with Gasteiger partial charge in [0.2, 0.25) is 10.0 Å². The summed E-state index contributed by atoms with van der Waals surface area (Å²) in [5.41, 5.74) is 1.79. The van der Waals surface area contributed by atoms with Crippen molar-refractivity contribution in [1.29, 1.82) is 0 Å². The Morgan fingerprint density at radius 2 is 1.80 bits per heavy atom. The van der Waals surface area contributed by atoms with E-state index in [0.29, 0.717) is 12.3 Å².